The van der Waals surface area contributed by atoms with Crippen molar-refractivity contribution < 1.29 is 14.3 Å². The van der Waals surface area contributed by atoms with Gasteiger partial charge in [-0.15, -0.1) is 0 Å². The van der Waals surface area contributed by atoms with Crippen LogP contribution >= 0.6 is 0 Å². The number of para-hydroxylation sites is 1. The molecule has 0 atom stereocenters. The summed E-state index contributed by atoms with van der Waals surface area (Å²) in [6.07, 6.45) is 1.02. The zero-order valence-corrected chi connectivity index (χ0v) is 16.6. The number of methoxy groups -OCH3 is 2. The van der Waals surface area contributed by atoms with Crippen LogP contribution in [-0.2, 0) is 6.42 Å². The Morgan fingerprint density at radius 2 is 1.70 bits per heavy atom. The van der Waals surface area contributed by atoms with E-state index in [1.54, 1.807) is 32.4 Å². The molecular formula is C22H28N2O3. The number of ether oxygens (including phenoxy) is 2. The third kappa shape index (κ3) is 3.87. The van der Waals surface area contributed by atoms with Crippen LogP contribution in [0.2, 0.25) is 0 Å². The van der Waals surface area contributed by atoms with Gasteiger partial charge in [0.15, 0.2) is 11.5 Å². The van der Waals surface area contributed by atoms with Crippen molar-refractivity contribution in [2.45, 2.75) is 20.3 Å². The molecule has 1 amide bonds. The molecule has 0 bridgehead atoms. The molecule has 0 N–H and O–H groups in total. The first-order chi connectivity index (χ1) is 13.1. The molecule has 1 fully saturated rings. The van der Waals surface area contributed by atoms with Crippen molar-refractivity contribution in [2.75, 3.05) is 45.3 Å². The number of benzene rings is 2. The van der Waals surface area contributed by atoms with Gasteiger partial charge in [-0.1, -0.05) is 25.1 Å². The average Bonchev–Trinajstić information content (AvgIpc) is 2.72. The van der Waals surface area contributed by atoms with Gasteiger partial charge in [0.05, 0.1) is 14.2 Å². The number of nitrogens with zero attached hydrogens (tertiary/aromatic N) is 2. The minimum atomic E-state index is 0.0381. The van der Waals surface area contributed by atoms with E-state index < -0.39 is 0 Å². The van der Waals surface area contributed by atoms with Gasteiger partial charge in [0.1, 0.15) is 0 Å². The second-order valence-electron chi connectivity index (χ2n) is 6.79. The second-order valence-corrected chi connectivity index (χ2v) is 6.79. The van der Waals surface area contributed by atoms with Crippen LogP contribution < -0.4 is 14.4 Å². The molecular weight excluding hydrogens is 340 g/mol. The van der Waals surface area contributed by atoms with Crippen LogP contribution in [-0.4, -0.2) is 51.2 Å². The highest BCUT2D eigenvalue weighted by molar-refractivity contribution is 5.95. The highest BCUT2D eigenvalue weighted by atomic mass is 16.5. The van der Waals surface area contributed by atoms with Gasteiger partial charge >= 0.3 is 0 Å². The quantitative estimate of drug-likeness (QED) is 0.810. The zero-order valence-electron chi connectivity index (χ0n) is 16.6. The molecule has 5 heteroatoms. The molecule has 0 unspecified atom stereocenters. The molecule has 1 saturated heterocycles. The first kappa shape index (κ1) is 19.1. The van der Waals surface area contributed by atoms with Gasteiger partial charge in [-0.25, -0.2) is 0 Å². The summed E-state index contributed by atoms with van der Waals surface area (Å²) in [5, 5.41) is 0. The summed E-state index contributed by atoms with van der Waals surface area (Å²) in [5.41, 5.74) is 4.63. The molecule has 0 aromatic heterocycles. The van der Waals surface area contributed by atoms with E-state index in [4.69, 9.17) is 9.47 Å². The lowest BCUT2D eigenvalue weighted by atomic mass is 10.0. The molecule has 1 heterocycles. The second kappa shape index (κ2) is 8.33. The maximum Gasteiger partial charge on any atom is 0.254 e. The highest BCUT2D eigenvalue weighted by Crippen LogP contribution is 2.29. The minimum Gasteiger partial charge on any atom is -0.493 e. The summed E-state index contributed by atoms with van der Waals surface area (Å²) >= 11 is 0. The number of hydrogen-bond donors (Lipinski definition) is 0. The normalized spacial score (nSPS) is 14.2. The predicted octanol–water partition coefficient (Wildman–Crippen LogP) is 3.54. The standard InChI is InChI=1S/C22H28N2O3/c1-5-17-8-6-7-16(2)21(17)23-11-13-24(14-12-23)22(25)18-9-10-19(26-3)20(15-18)27-4/h6-10,15H,5,11-14H2,1-4H3. The minimum absolute atomic E-state index is 0.0381. The molecule has 2 aromatic rings. The lowest BCUT2D eigenvalue weighted by Gasteiger charge is -2.38. The van der Waals surface area contributed by atoms with Crippen molar-refractivity contribution in [2.24, 2.45) is 0 Å². The average molecular weight is 368 g/mol. The van der Waals surface area contributed by atoms with Crippen molar-refractivity contribution in [1.82, 2.24) is 4.90 Å². The van der Waals surface area contributed by atoms with Crippen molar-refractivity contribution in [3.63, 3.8) is 0 Å². The summed E-state index contributed by atoms with van der Waals surface area (Å²) in [6.45, 7) is 7.47. The lowest BCUT2D eigenvalue weighted by Crippen LogP contribution is -2.49. The summed E-state index contributed by atoms with van der Waals surface area (Å²) in [7, 11) is 3.17. The summed E-state index contributed by atoms with van der Waals surface area (Å²) in [6, 6.07) is 11.8. The largest absolute Gasteiger partial charge is 0.493 e. The predicted molar refractivity (Wildman–Crippen MR) is 108 cm³/mol. The molecule has 0 aliphatic carbocycles. The van der Waals surface area contributed by atoms with E-state index in [1.165, 1.54) is 16.8 Å². The Bertz CT molecular complexity index is 811. The fourth-order valence-electron chi connectivity index (χ4n) is 3.74. The molecule has 1 aliphatic heterocycles. The number of piperazine rings is 1. The molecule has 144 valence electrons. The van der Waals surface area contributed by atoms with Crippen molar-refractivity contribution in [3.05, 3.63) is 53.1 Å². The molecule has 1 aliphatic rings. The molecule has 5 nitrogen and oxygen atoms in total. The van der Waals surface area contributed by atoms with Crippen LogP contribution in [0, 0.1) is 6.92 Å². The van der Waals surface area contributed by atoms with Gasteiger partial charge in [-0.3, -0.25) is 4.79 Å². The molecule has 0 saturated carbocycles. The van der Waals surface area contributed by atoms with Gasteiger partial charge in [0.25, 0.3) is 5.91 Å². The molecule has 2 aromatic carbocycles. The van der Waals surface area contributed by atoms with E-state index in [-0.39, 0.29) is 5.91 Å². The van der Waals surface area contributed by atoms with Crippen molar-refractivity contribution in [3.8, 4) is 11.5 Å². The van der Waals surface area contributed by atoms with E-state index in [2.05, 4.69) is 36.9 Å². The van der Waals surface area contributed by atoms with Crippen LogP contribution in [0.4, 0.5) is 5.69 Å². The highest BCUT2D eigenvalue weighted by Gasteiger charge is 2.24. The molecule has 0 radical (unpaired) electrons. The third-order valence-corrected chi connectivity index (χ3v) is 5.22. The summed E-state index contributed by atoms with van der Waals surface area (Å²) in [4.78, 5) is 17.2. The van der Waals surface area contributed by atoms with Gasteiger partial charge in [0, 0.05) is 37.4 Å². The molecule has 27 heavy (non-hydrogen) atoms. The third-order valence-electron chi connectivity index (χ3n) is 5.22. The Kier molecular flexibility index (Phi) is 5.89. The summed E-state index contributed by atoms with van der Waals surface area (Å²) < 4.78 is 10.6. The maximum absolute atomic E-state index is 12.9. The fourth-order valence-corrected chi connectivity index (χ4v) is 3.74. The first-order valence-corrected chi connectivity index (χ1v) is 9.43. The number of amides is 1. The van der Waals surface area contributed by atoms with Gasteiger partial charge in [-0.05, 0) is 42.7 Å². The van der Waals surface area contributed by atoms with Crippen LogP contribution in [0.25, 0.3) is 0 Å². The number of aryl methyl sites for hydroxylation is 2. The lowest BCUT2D eigenvalue weighted by molar-refractivity contribution is 0.0746. The number of carbonyl (C=O) groups is 1. The van der Waals surface area contributed by atoms with Crippen molar-refractivity contribution >= 4 is 11.6 Å². The Morgan fingerprint density at radius 1 is 1.00 bits per heavy atom. The van der Waals surface area contributed by atoms with Crippen LogP contribution in [0.15, 0.2) is 36.4 Å². The Hall–Kier alpha value is -2.69. The Labute approximate surface area is 161 Å². The monoisotopic (exact) mass is 368 g/mol. The van der Waals surface area contributed by atoms with E-state index in [0.717, 1.165) is 19.5 Å². The fraction of sp³-hybridized carbons (Fsp3) is 0.409. The maximum atomic E-state index is 12.9. The van der Waals surface area contributed by atoms with Gasteiger partial charge < -0.3 is 19.3 Å². The Morgan fingerprint density at radius 3 is 2.33 bits per heavy atom. The first-order valence-electron chi connectivity index (χ1n) is 9.43. The van der Waals surface area contributed by atoms with E-state index in [9.17, 15) is 4.79 Å². The van der Waals surface area contributed by atoms with Crippen LogP contribution in [0.1, 0.15) is 28.4 Å². The number of anilines is 1. The van der Waals surface area contributed by atoms with E-state index in [1.807, 2.05) is 4.90 Å². The zero-order chi connectivity index (χ0) is 19.4. The van der Waals surface area contributed by atoms with E-state index >= 15 is 0 Å². The SMILES string of the molecule is CCc1cccc(C)c1N1CCN(C(=O)c2ccc(OC)c(OC)c2)CC1. The number of hydrogen-bond acceptors (Lipinski definition) is 4. The topological polar surface area (TPSA) is 42.0 Å². The number of carbonyl (C=O) groups excluding carboxylic acids is 1. The van der Waals surface area contributed by atoms with Crippen LogP contribution in [0.5, 0.6) is 11.5 Å². The smallest absolute Gasteiger partial charge is 0.254 e. The number of rotatable bonds is 5. The summed E-state index contributed by atoms with van der Waals surface area (Å²) in [5.74, 6) is 1.25. The molecule has 3 rings (SSSR count). The van der Waals surface area contributed by atoms with Crippen molar-refractivity contribution in [1.29, 1.82) is 0 Å². The van der Waals surface area contributed by atoms with Gasteiger partial charge in [-0.2, -0.15) is 0 Å². The Balaban J connectivity index is 1.72. The molecule has 0 spiro atoms. The van der Waals surface area contributed by atoms with Crippen LogP contribution in [0.3, 0.4) is 0 Å². The van der Waals surface area contributed by atoms with Gasteiger partial charge in [0.2, 0.25) is 0 Å². The van der Waals surface area contributed by atoms with E-state index in [0.29, 0.717) is 30.2 Å².